The first kappa shape index (κ1) is 15.6. The van der Waals surface area contributed by atoms with Crippen molar-refractivity contribution in [2.24, 2.45) is 0 Å². The fraction of sp³-hybridized carbons (Fsp3) is 0.417. The fourth-order valence-corrected chi connectivity index (χ4v) is 2.09. The van der Waals surface area contributed by atoms with Crippen LogP contribution in [0.2, 0.25) is 0 Å². The molecule has 0 heterocycles. The molecule has 0 aromatic heterocycles. The average Bonchev–Trinajstić information content (AvgIpc) is 2.34. The number of hydrogen-bond donors (Lipinski definition) is 2. The molecule has 0 bridgehead atoms. The van der Waals surface area contributed by atoms with Gasteiger partial charge in [-0.1, -0.05) is 18.2 Å². The predicted octanol–water partition coefficient (Wildman–Crippen LogP) is 0.811. The molecule has 106 valence electrons. The van der Waals surface area contributed by atoms with Gasteiger partial charge in [-0.05, 0) is 32.9 Å². The lowest BCUT2D eigenvalue weighted by Crippen LogP contribution is -2.40. The van der Waals surface area contributed by atoms with Gasteiger partial charge in [0.15, 0.2) is 0 Å². The van der Waals surface area contributed by atoms with Crippen LogP contribution >= 0.6 is 0 Å². The number of hydroxylamine groups is 1. The van der Waals surface area contributed by atoms with E-state index >= 15 is 0 Å². The minimum Gasteiger partial charge on any atom is -0.271 e. The van der Waals surface area contributed by atoms with Crippen LogP contribution in [-0.2, 0) is 19.7 Å². The summed E-state index contributed by atoms with van der Waals surface area (Å²) in [5.74, 6) is -0.561. The third-order valence-corrected chi connectivity index (χ3v) is 3.36. The molecule has 19 heavy (non-hydrogen) atoms. The van der Waals surface area contributed by atoms with Crippen LogP contribution in [0.1, 0.15) is 20.8 Å². The lowest BCUT2D eigenvalue weighted by atomic mass is 10.2. The number of rotatable bonds is 5. The van der Waals surface area contributed by atoms with Gasteiger partial charge in [0.05, 0.1) is 17.0 Å². The van der Waals surface area contributed by atoms with E-state index in [0.717, 1.165) is 0 Å². The Bertz CT molecular complexity index is 520. The summed E-state index contributed by atoms with van der Waals surface area (Å²) in [4.78, 5) is 16.5. The van der Waals surface area contributed by atoms with Gasteiger partial charge in [-0.15, -0.1) is 0 Å². The predicted molar refractivity (Wildman–Crippen MR) is 70.6 cm³/mol. The maximum absolute atomic E-state index is 11.8. The fourth-order valence-electron chi connectivity index (χ4n) is 1.09. The summed E-state index contributed by atoms with van der Waals surface area (Å²) in [5.41, 5.74) is 1.65. The van der Waals surface area contributed by atoms with Crippen LogP contribution in [0.5, 0.6) is 0 Å². The van der Waals surface area contributed by atoms with Crippen molar-refractivity contribution < 1.29 is 18.0 Å². The molecule has 0 spiro atoms. The number of amides is 1. The van der Waals surface area contributed by atoms with Crippen LogP contribution in [0.15, 0.2) is 35.2 Å². The second-order valence-corrected chi connectivity index (χ2v) is 6.64. The Morgan fingerprint density at radius 2 is 1.79 bits per heavy atom. The SMILES string of the molecule is CC(C)(C)ONC(=O)CNS(=O)(=O)c1ccccc1. The van der Waals surface area contributed by atoms with Crippen LogP contribution in [0, 0.1) is 0 Å². The van der Waals surface area contributed by atoms with Crippen LogP contribution < -0.4 is 10.2 Å². The molecule has 6 nitrogen and oxygen atoms in total. The standard InChI is InChI=1S/C12H18N2O4S/c1-12(2,3)18-14-11(15)9-13-19(16,17)10-7-5-4-6-8-10/h4-8,13H,9H2,1-3H3,(H,14,15). The molecule has 1 aromatic rings. The molecule has 0 aliphatic rings. The summed E-state index contributed by atoms with van der Waals surface area (Å²) in [6.45, 7) is 4.91. The minimum absolute atomic E-state index is 0.111. The number of benzene rings is 1. The van der Waals surface area contributed by atoms with Gasteiger partial charge in [-0.2, -0.15) is 0 Å². The maximum atomic E-state index is 11.8. The number of nitrogens with one attached hydrogen (secondary N) is 2. The summed E-state index contributed by atoms with van der Waals surface area (Å²) < 4.78 is 25.8. The highest BCUT2D eigenvalue weighted by Gasteiger charge is 2.16. The van der Waals surface area contributed by atoms with E-state index in [4.69, 9.17) is 4.84 Å². The zero-order valence-electron chi connectivity index (χ0n) is 11.1. The van der Waals surface area contributed by atoms with Gasteiger partial charge in [0, 0.05) is 0 Å². The Hall–Kier alpha value is -1.44. The summed E-state index contributed by atoms with van der Waals surface area (Å²) in [6.07, 6.45) is 0. The Morgan fingerprint density at radius 1 is 1.21 bits per heavy atom. The average molecular weight is 286 g/mol. The van der Waals surface area contributed by atoms with E-state index in [1.807, 2.05) is 0 Å². The Kier molecular flexibility index (Phi) is 5.04. The molecule has 0 saturated heterocycles. The second kappa shape index (κ2) is 6.14. The molecule has 0 aliphatic heterocycles. The van der Waals surface area contributed by atoms with Crippen LogP contribution in [0.3, 0.4) is 0 Å². The largest absolute Gasteiger partial charge is 0.271 e. The van der Waals surface area contributed by atoms with Gasteiger partial charge in [-0.25, -0.2) is 18.6 Å². The number of carbonyl (C=O) groups excluding carboxylic acids is 1. The number of hydrogen-bond acceptors (Lipinski definition) is 4. The van der Waals surface area contributed by atoms with Crippen molar-refractivity contribution in [1.82, 2.24) is 10.2 Å². The van der Waals surface area contributed by atoms with Gasteiger partial charge in [0.25, 0.3) is 5.91 Å². The summed E-state index contributed by atoms with van der Waals surface area (Å²) in [5, 5.41) is 0. The van der Waals surface area contributed by atoms with Gasteiger partial charge >= 0.3 is 0 Å². The first-order valence-corrected chi connectivity index (χ1v) is 7.20. The molecule has 0 radical (unpaired) electrons. The van der Waals surface area contributed by atoms with Gasteiger partial charge in [0.2, 0.25) is 10.0 Å². The molecule has 2 N–H and O–H groups in total. The summed E-state index contributed by atoms with van der Waals surface area (Å²) >= 11 is 0. The summed E-state index contributed by atoms with van der Waals surface area (Å²) in [7, 11) is -3.68. The van der Waals surface area contributed by atoms with Gasteiger partial charge in [-0.3, -0.25) is 9.63 Å². The van der Waals surface area contributed by atoms with Crippen molar-refractivity contribution in [3.63, 3.8) is 0 Å². The highest BCUT2D eigenvalue weighted by Crippen LogP contribution is 2.06. The Balaban J connectivity index is 2.51. The minimum atomic E-state index is -3.68. The van der Waals surface area contributed by atoms with E-state index in [1.54, 1.807) is 39.0 Å². The monoisotopic (exact) mass is 286 g/mol. The molecule has 1 rings (SSSR count). The zero-order valence-corrected chi connectivity index (χ0v) is 12.0. The van der Waals surface area contributed by atoms with E-state index in [-0.39, 0.29) is 11.4 Å². The molecule has 1 amide bonds. The highest BCUT2D eigenvalue weighted by atomic mass is 32.2. The second-order valence-electron chi connectivity index (χ2n) is 4.88. The summed E-state index contributed by atoms with van der Waals surface area (Å²) in [6, 6.07) is 7.83. The number of sulfonamides is 1. The van der Waals surface area contributed by atoms with Crippen molar-refractivity contribution in [3.05, 3.63) is 30.3 Å². The van der Waals surface area contributed by atoms with E-state index in [1.165, 1.54) is 12.1 Å². The van der Waals surface area contributed by atoms with E-state index in [0.29, 0.717) is 0 Å². The topological polar surface area (TPSA) is 84.5 Å². The molecule has 0 unspecified atom stereocenters. The molecule has 1 aromatic carbocycles. The quantitative estimate of drug-likeness (QED) is 0.785. The number of carbonyl (C=O) groups is 1. The smallest absolute Gasteiger partial charge is 0.258 e. The third-order valence-electron chi connectivity index (χ3n) is 1.95. The first-order valence-electron chi connectivity index (χ1n) is 5.72. The van der Waals surface area contributed by atoms with Crippen molar-refractivity contribution >= 4 is 15.9 Å². The van der Waals surface area contributed by atoms with Gasteiger partial charge in [0.1, 0.15) is 0 Å². The van der Waals surface area contributed by atoms with E-state index < -0.39 is 21.5 Å². The highest BCUT2D eigenvalue weighted by molar-refractivity contribution is 7.89. The van der Waals surface area contributed by atoms with Crippen LogP contribution in [0.4, 0.5) is 0 Å². The Morgan fingerprint density at radius 3 is 2.32 bits per heavy atom. The molecular weight excluding hydrogens is 268 g/mol. The van der Waals surface area contributed by atoms with Crippen molar-refractivity contribution in [3.8, 4) is 0 Å². The van der Waals surface area contributed by atoms with Crippen molar-refractivity contribution in [2.45, 2.75) is 31.3 Å². The third kappa shape index (κ3) is 5.82. The molecule has 0 fully saturated rings. The molecule has 0 atom stereocenters. The first-order chi connectivity index (χ1) is 8.71. The molecule has 0 aliphatic carbocycles. The lowest BCUT2D eigenvalue weighted by molar-refractivity contribution is -0.144. The van der Waals surface area contributed by atoms with E-state index in [2.05, 4.69) is 10.2 Å². The Labute approximate surface area is 113 Å². The van der Waals surface area contributed by atoms with Crippen molar-refractivity contribution in [2.75, 3.05) is 6.54 Å². The molecule has 0 saturated carbocycles. The van der Waals surface area contributed by atoms with E-state index in [9.17, 15) is 13.2 Å². The van der Waals surface area contributed by atoms with Crippen LogP contribution in [0.25, 0.3) is 0 Å². The molecular formula is C12H18N2O4S. The van der Waals surface area contributed by atoms with Crippen molar-refractivity contribution in [1.29, 1.82) is 0 Å². The lowest BCUT2D eigenvalue weighted by Gasteiger charge is -2.18. The van der Waals surface area contributed by atoms with Gasteiger partial charge < -0.3 is 0 Å². The zero-order chi connectivity index (χ0) is 14.5. The van der Waals surface area contributed by atoms with Crippen LogP contribution in [-0.4, -0.2) is 26.5 Å². The normalized spacial score (nSPS) is 12.2. The maximum Gasteiger partial charge on any atom is 0.258 e. The molecule has 7 heteroatoms.